The lowest BCUT2D eigenvalue weighted by molar-refractivity contribution is 0.102. The summed E-state index contributed by atoms with van der Waals surface area (Å²) in [6.07, 6.45) is 1.54. The number of hydrogen-bond acceptors (Lipinski definition) is 4. The van der Waals surface area contributed by atoms with Crippen LogP contribution in [0.5, 0.6) is 0 Å². The Balaban J connectivity index is 2.10. The number of halogens is 1. The van der Waals surface area contributed by atoms with Crippen molar-refractivity contribution in [1.82, 2.24) is 19.9 Å². The molecule has 0 radical (unpaired) electrons. The van der Waals surface area contributed by atoms with Gasteiger partial charge in [-0.05, 0) is 45.0 Å². The number of benzene rings is 1. The highest BCUT2D eigenvalue weighted by molar-refractivity contribution is 6.30. The first-order valence-electron chi connectivity index (χ1n) is 7.05. The van der Waals surface area contributed by atoms with E-state index in [0.29, 0.717) is 24.2 Å². The van der Waals surface area contributed by atoms with Crippen LogP contribution in [0.1, 0.15) is 26.5 Å². The van der Waals surface area contributed by atoms with Crippen LogP contribution in [0.3, 0.4) is 0 Å². The molecule has 1 N–H and O–H groups in total. The number of aromatic nitrogens is 3. The lowest BCUT2D eigenvalue weighted by atomic mass is 10.2. The maximum atomic E-state index is 9.56. The van der Waals surface area contributed by atoms with E-state index < -0.39 is 0 Å². The van der Waals surface area contributed by atoms with Gasteiger partial charge in [-0.1, -0.05) is 16.8 Å². The molecule has 2 aromatic rings. The summed E-state index contributed by atoms with van der Waals surface area (Å²) < 4.78 is 1.73. The molecular weight excluding hydrogens is 288 g/mol. The zero-order valence-electron chi connectivity index (χ0n) is 12.6. The Labute approximate surface area is 130 Å². The third kappa shape index (κ3) is 4.52. The number of aliphatic hydroxyl groups excluding tert-OH is 1. The van der Waals surface area contributed by atoms with Crippen molar-refractivity contribution < 1.29 is 5.11 Å². The summed E-state index contributed by atoms with van der Waals surface area (Å²) in [5, 5.41) is 18.6. The molecule has 21 heavy (non-hydrogen) atoms. The zero-order valence-corrected chi connectivity index (χ0v) is 13.3. The topological polar surface area (TPSA) is 54.2 Å². The van der Waals surface area contributed by atoms with Gasteiger partial charge >= 0.3 is 0 Å². The molecule has 1 unspecified atom stereocenters. The Morgan fingerprint density at radius 2 is 1.90 bits per heavy atom. The molecule has 0 aliphatic heterocycles. The fraction of sp³-hybridized carbons (Fsp3) is 0.467. The van der Waals surface area contributed by atoms with Crippen molar-refractivity contribution in [2.45, 2.75) is 39.5 Å². The van der Waals surface area contributed by atoms with Crippen LogP contribution >= 0.6 is 11.6 Å². The molecule has 0 amide bonds. The van der Waals surface area contributed by atoms with Crippen LogP contribution in [0.4, 0.5) is 0 Å². The van der Waals surface area contributed by atoms with Gasteiger partial charge in [0.1, 0.15) is 0 Å². The van der Waals surface area contributed by atoms with Crippen LogP contribution in [0.2, 0.25) is 5.02 Å². The fourth-order valence-electron chi connectivity index (χ4n) is 2.10. The predicted molar refractivity (Wildman–Crippen MR) is 83.6 cm³/mol. The molecule has 1 aromatic heterocycles. The number of rotatable bonds is 6. The molecule has 2 rings (SSSR count). The molecule has 0 aliphatic rings. The van der Waals surface area contributed by atoms with E-state index in [1.807, 2.05) is 30.5 Å². The molecule has 1 atom stereocenters. The normalized spacial score (nSPS) is 13.1. The monoisotopic (exact) mass is 308 g/mol. The summed E-state index contributed by atoms with van der Waals surface area (Å²) in [6, 6.07) is 7.78. The highest BCUT2D eigenvalue weighted by Gasteiger charge is 2.14. The van der Waals surface area contributed by atoms with Gasteiger partial charge < -0.3 is 5.11 Å². The molecule has 1 aromatic carbocycles. The first-order chi connectivity index (χ1) is 9.95. The van der Waals surface area contributed by atoms with Crippen LogP contribution in [-0.4, -0.2) is 43.7 Å². The summed E-state index contributed by atoms with van der Waals surface area (Å²) in [5.74, 6) is 0. The summed E-state index contributed by atoms with van der Waals surface area (Å²) in [7, 11) is 0. The third-order valence-electron chi connectivity index (χ3n) is 3.23. The van der Waals surface area contributed by atoms with Crippen molar-refractivity contribution in [2.24, 2.45) is 0 Å². The summed E-state index contributed by atoms with van der Waals surface area (Å²) >= 11 is 5.88. The summed E-state index contributed by atoms with van der Waals surface area (Å²) in [6.45, 7) is 7.28. The van der Waals surface area contributed by atoms with Gasteiger partial charge in [0.15, 0.2) is 0 Å². The van der Waals surface area contributed by atoms with E-state index in [9.17, 15) is 5.11 Å². The van der Waals surface area contributed by atoms with E-state index in [2.05, 4.69) is 29.1 Å². The van der Waals surface area contributed by atoms with Crippen molar-refractivity contribution in [3.8, 4) is 5.69 Å². The highest BCUT2D eigenvalue weighted by atomic mass is 35.5. The van der Waals surface area contributed by atoms with Crippen molar-refractivity contribution in [3.63, 3.8) is 0 Å². The summed E-state index contributed by atoms with van der Waals surface area (Å²) in [5.41, 5.74) is 1.80. The van der Waals surface area contributed by atoms with Crippen LogP contribution in [0, 0.1) is 0 Å². The molecule has 0 saturated carbocycles. The molecule has 0 aliphatic carbocycles. The van der Waals surface area contributed by atoms with E-state index >= 15 is 0 Å². The second-order valence-electron chi connectivity index (χ2n) is 5.50. The van der Waals surface area contributed by atoms with Crippen LogP contribution in [-0.2, 0) is 6.54 Å². The molecule has 1 heterocycles. The van der Waals surface area contributed by atoms with Gasteiger partial charge in [0.05, 0.1) is 23.7 Å². The Morgan fingerprint density at radius 3 is 2.48 bits per heavy atom. The van der Waals surface area contributed by atoms with Gasteiger partial charge in [-0.3, -0.25) is 4.90 Å². The minimum atomic E-state index is -0.362. The van der Waals surface area contributed by atoms with Gasteiger partial charge in [-0.25, -0.2) is 4.68 Å². The standard InChI is InChI=1S/C15H21ClN4O/c1-11(2)19(8-12(3)21)9-14-10-20(18-17-14)15-6-4-13(16)5-7-15/h4-7,10-12,21H,8-9H2,1-3H3. The van der Waals surface area contributed by atoms with Gasteiger partial charge in [-0.15, -0.1) is 5.10 Å². The average molecular weight is 309 g/mol. The largest absolute Gasteiger partial charge is 0.392 e. The quantitative estimate of drug-likeness (QED) is 0.891. The first kappa shape index (κ1) is 15.9. The Kier molecular flexibility index (Phi) is 5.33. The third-order valence-corrected chi connectivity index (χ3v) is 3.48. The maximum Gasteiger partial charge on any atom is 0.0971 e. The van der Waals surface area contributed by atoms with Gasteiger partial charge in [0, 0.05) is 24.2 Å². The second-order valence-corrected chi connectivity index (χ2v) is 5.94. The molecule has 0 bridgehead atoms. The van der Waals surface area contributed by atoms with Crippen LogP contribution in [0.25, 0.3) is 5.69 Å². The van der Waals surface area contributed by atoms with Crippen molar-refractivity contribution >= 4 is 11.6 Å². The molecule has 6 heteroatoms. The minimum absolute atomic E-state index is 0.334. The molecule has 114 valence electrons. The number of aliphatic hydroxyl groups is 1. The summed E-state index contributed by atoms with van der Waals surface area (Å²) in [4.78, 5) is 2.17. The number of hydrogen-bond donors (Lipinski definition) is 1. The van der Waals surface area contributed by atoms with Gasteiger partial charge in [-0.2, -0.15) is 0 Å². The highest BCUT2D eigenvalue weighted by Crippen LogP contribution is 2.13. The smallest absolute Gasteiger partial charge is 0.0971 e. The maximum absolute atomic E-state index is 9.56. The molecule has 0 spiro atoms. The second kappa shape index (κ2) is 7.02. The Hall–Kier alpha value is -1.43. The molecular formula is C15H21ClN4O. The van der Waals surface area contributed by atoms with Crippen LogP contribution < -0.4 is 0 Å². The fourth-order valence-corrected chi connectivity index (χ4v) is 2.22. The lowest BCUT2D eigenvalue weighted by Crippen LogP contribution is -2.36. The first-order valence-corrected chi connectivity index (χ1v) is 7.43. The van der Waals surface area contributed by atoms with Gasteiger partial charge in [0.2, 0.25) is 0 Å². The molecule has 5 nitrogen and oxygen atoms in total. The predicted octanol–water partition coefficient (Wildman–Crippen LogP) is 2.51. The van der Waals surface area contributed by atoms with E-state index in [-0.39, 0.29) is 6.10 Å². The Bertz CT molecular complexity index is 565. The van der Waals surface area contributed by atoms with Crippen LogP contribution in [0.15, 0.2) is 30.5 Å². The van der Waals surface area contributed by atoms with E-state index in [1.165, 1.54) is 0 Å². The zero-order chi connectivity index (χ0) is 15.4. The SMILES string of the molecule is CC(O)CN(Cc1cn(-c2ccc(Cl)cc2)nn1)C(C)C. The molecule has 0 saturated heterocycles. The van der Waals surface area contributed by atoms with Crippen molar-refractivity contribution in [2.75, 3.05) is 6.54 Å². The minimum Gasteiger partial charge on any atom is -0.392 e. The lowest BCUT2D eigenvalue weighted by Gasteiger charge is -2.26. The van der Waals surface area contributed by atoms with E-state index in [1.54, 1.807) is 11.6 Å². The Morgan fingerprint density at radius 1 is 1.24 bits per heavy atom. The van der Waals surface area contributed by atoms with E-state index in [0.717, 1.165) is 11.4 Å². The molecule has 0 fully saturated rings. The van der Waals surface area contributed by atoms with Crippen molar-refractivity contribution in [1.29, 1.82) is 0 Å². The van der Waals surface area contributed by atoms with Crippen molar-refractivity contribution in [3.05, 3.63) is 41.2 Å². The average Bonchev–Trinajstić information content (AvgIpc) is 2.87. The number of nitrogens with zero attached hydrogens (tertiary/aromatic N) is 4. The van der Waals surface area contributed by atoms with Gasteiger partial charge in [0.25, 0.3) is 0 Å². The van der Waals surface area contributed by atoms with E-state index in [4.69, 9.17) is 11.6 Å².